The van der Waals surface area contributed by atoms with Gasteiger partial charge in [0.1, 0.15) is 0 Å². The van der Waals surface area contributed by atoms with Crippen LogP contribution < -0.4 is 4.74 Å². The van der Waals surface area contributed by atoms with E-state index in [-0.39, 0.29) is 11.5 Å². The van der Waals surface area contributed by atoms with E-state index >= 15 is 8.78 Å². The lowest BCUT2D eigenvalue weighted by atomic mass is 9.69. The second-order valence-electron chi connectivity index (χ2n) is 12.9. The highest BCUT2D eigenvalue weighted by atomic mass is 19.4. The lowest BCUT2D eigenvalue weighted by Gasteiger charge is -2.38. The van der Waals surface area contributed by atoms with E-state index in [1.54, 1.807) is 12.1 Å². The van der Waals surface area contributed by atoms with Crippen LogP contribution in [0.25, 0.3) is 11.1 Å². The van der Waals surface area contributed by atoms with Gasteiger partial charge in [-0.3, -0.25) is 0 Å². The van der Waals surface area contributed by atoms with Gasteiger partial charge in [-0.2, -0.15) is 8.78 Å². The van der Waals surface area contributed by atoms with Crippen molar-refractivity contribution >= 4 is 0 Å². The SMILES string of the molecule is CCCCCc1ccc(-c2ccc(C(F)(F)OC3CCC(C4CCC(c5cc(F)c(OC(F)(F)F)c(F)c5)CC4)CC3)cc2)cc1. The molecule has 0 aromatic heterocycles. The molecule has 0 N–H and O–H groups in total. The van der Waals surface area contributed by atoms with E-state index in [9.17, 15) is 22.0 Å². The number of ether oxygens (including phenoxy) is 2. The third-order valence-corrected chi connectivity index (χ3v) is 9.76. The van der Waals surface area contributed by atoms with Crippen molar-refractivity contribution in [3.05, 3.63) is 89.0 Å². The molecule has 9 heteroatoms. The summed E-state index contributed by atoms with van der Waals surface area (Å²) >= 11 is 0. The van der Waals surface area contributed by atoms with Crippen LogP contribution in [0.5, 0.6) is 5.75 Å². The summed E-state index contributed by atoms with van der Waals surface area (Å²) in [6, 6.07) is 16.4. The molecule has 5 rings (SSSR count). The average molecular weight is 651 g/mol. The molecule has 2 aliphatic rings. The van der Waals surface area contributed by atoms with Gasteiger partial charge >= 0.3 is 12.5 Å². The number of unbranched alkanes of at least 4 members (excludes halogenated alkanes) is 2. The first-order valence-electron chi connectivity index (χ1n) is 16.4. The van der Waals surface area contributed by atoms with Gasteiger partial charge in [0.25, 0.3) is 0 Å². The Hall–Kier alpha value is -3.07. The normalized spacial score (nSPS) is 22.5. The van der Waals surface area contributed by atoms with Crippen molar-refractivity contribution in [3.8, 4) is 16.9 Å². The van der Waals surface area contributed by atoms with Gasteiger partial charge in [0.2, 0.25) is 5.75 Å². The number of hydrogen-bond donors (Lipinski definition) is 0. The second kappa shape index (κ2) is 14.8. The van der Waals surface area contributed by atoms with Crippen molar-refractivity contribution in [1.29, 1.82) is 0 Å². The minimum absolute atomic E-state index is 0.167. The van der Waals surface area contributed by atoms with E-state index in [1.165, 1.54) is 30.5 Å². The van der Waals surface area contributed by atoms with Gasteiger partial charge in [-0.05, 0) is 128 Å². The monoisotopic (exact) mass is 650 g/mol. The van der Waals surface area contributed by atoms with E-state index in [0.717, 1.165) is 61.8 Å². The Morgan fingerprint density at radius 2 is 1.20 bits per heavy atom. The van der Waals surface area contributed by atoms with E-state index in [0.29, 0.717) is 43.1 Å². The average Bonchev–Trinajstić information content (AvgIpc) is 3.03. The Morgan fingerprint density at radius 1 is 0.674 bits per heavy atom. The van der Waals surface area contributed by atoms with Crippen LogP contribution in [0.4, 0.5) is 30.7 Å². The molecular formula is C37H41F7O2. The summed E-state index contributed by atoms with van der Waals surface area (Å²) in [5.74, 6) is -3.64. The molecule has 250 valence electrons. The maximum atomic E-state index is 15.2. The Bertz CT molecular complexity index is 1380. The standard InChI is InChI=1S/C37H41F7O2/c1-2-3-4-5-24-6-8-25(9-7-24)27-14-18-31(19-15-27)36(40,41)45-32-20-16-28(17-21-32)26-10-12-29(13-11-26)30-22-33(38)35(34(39)23-30)46-37(42,43)44/h6-9,14-15,18-19,22-23,26,28-29,32H,2-5,10-13,16-17,20-21H2,1H3. The molecule has 3 aromatic carbocycles. The van der Waals surface area contributed by atoms with Crippen molar-refractivity contribution in [2.24, 2.45) is 11.8 Å². The van der Waals surface area contributed by atoms with E-state index in [1.807, 2.05) is 12.1 Å². The van der Waals surface area contributed by atoms with E-state index in [2.05, 4.69) is 23.8 Å². The molecule has 0 bridgehead atoms. The Balaban J connectivity index is 1.09. The highest BCUT2D eigenvalue weighted by molar-refractivity contribution is 5.64. The van der Waals surface area contributed by atoms with Crippen LogP contribution in [0.15, 0.2) is 60.7 Å². The Labute approximate surface area is 266 Å². The first-order chi connectivity index (χ1) is 21.9. The Morgan fingerprint density at radius 3 is 1.72 bits per heavy atom. The zero-order valence-electron chi connectivity index (χ0n) is 26.0. The summed E-state index contributed by atoms with van der Waals surface area (Å²) in [6.45, 7) is 2.18. The van der Waals surface area contributed by atoms with Gasteiger partial charge in [-0.15, -0.1) is 13.2 Å². The molecule has 0 radical (unpaired) electrons. The summed E-state index contributed by atoms with van der Waals surface area (Å²) in [4.78, 5) is 0. The third kappa shape index (κ3) is 8.84. The molecular weight excluding hydrogens is 609 g/mol. The third-order valence-electron chi connectivity index (χ3n) is 9.76. The molecule has 0 saturated heterocycles. The predicted octanol–water partition coefficient (Wildman–Crippen LogP) is 11.9. The molecule has 0 spiro atoms. The van der Waals surface area contributed by atoms with Gasteiger partial charge in [-0.25, -0.2) is 8.78 Å². The lowest BCUT2D eigenvalue weighted by molar-refractivity contribution is -0.278. The van der Waals surface area contributed by atoms with Crippen molar-refractivity contribution in [2.45, 2.75) is 108 Å². The Kier molecular flexibility index (Phi) is 11.0. The van der Waals surface area contributed by atoms with Gasteiger partial charge in [0, 0.05) is 0 Å². The maximum absolute atomic E-state index is 15.2. The number of alkyl halides is 5. The minimum Gasteiger partial charge on any atom is -0.399 e. The van der Waals surface area contributed by atoms with Crippen molar-refractivity contribution in [3.63, 3.8) is 0 Å². The van der Waals surface area contributed by atoms with E-state index < -0.39 is 36.0 Å². The molecule has 0 amide bonds. The van der Waals surface area contributed by atoms with Crippen molar-refractivity contribution in [2.75, 3.05) is 0 Å². The topological polar surface area (TPSA) is 18.5 Å². The van der Waals surface area contributed by atoms with Crippen LogP contribution in [0.1, 0.15) is 100 Å². The molecule has 0 unspecified atom stereocenters. The van der Waals surface area contributed by atoms with Crippen LogP contribution in [-0.2, 0) is 17.3 Å². The summed E-state index contributed by atoms with van der Waals surface area (Å²) in [5.41, 5.74) is 3.29. The quantitative estimate of drug-likeness (QED) is 0.152. The van der Waals surface area contributed by atoms with Crippen LogP contribution in [0.3, 0.4) is 0 Å². The summed E-state index contributed by atoms with van der Waals surface area (Å²) < 4.78 is 105. The maximum Gasteiger partial charge on any atom is 0.573 e. The van der Waals surface area contributed by atoms with Gasteiger partial charge in [0.15, 0.2) is 11.6 Å². The summed E-state index contributed by atoms with van der Waals surface area (Å²) in [7, 11) is 0. The minimum atomic E-state index is -5.19. The number of hydrogen-bond acceptors (Lipinski definition) is 2. The van der Waals surface area contributed by atoms with Gasteiger partial charge in [-0.1, -0.05) is 56.2 Å². The number of aryl methyl sites for hydroxylation is 1. The number of rotatable bonds is 11. The van der Waals surface area contributed by atoms with E-state index in [4.69, 9.17) is 4.74 Å². The lowest BCUT2D eigenvalue weighted by Crippen LogP contribution is -2.32. The van der Waals surface area contributed by atoms with Crippen molar-refractivity contribution < 1.29 is 40.2 Å². The second-order valence-corrected chi connectivity index (χ2v) is 12.9. The molecule has 2 aliphatic carbocycles. The van der Waals surface area contributed by atoms with Crippen molar-refractivity contribution in [1.82, 2.24) is 0 Å². The molecule has 2 fully saturated rings. The fourth-order valence-corrected chi connectivity index (χ4v) is 7.21. The molecule has 2 saturated carbocycles. The van der Waals surface area contributed by atoms with Gasteiger partial charge < -0.3 is 9.47 Å². The smallest absolute Gasteiger partial charge is 0.399 e. The molecule has 46 heavy (non-hydrogen) atoms. The van der Waals surface area contributed by atoms with Crippen LogP contribution in [-0.4, -0.2) is 12.5 Å². The van der Waals surface area contributed by atoms with Crippen LogP contribution in [0, 0.1) is 23.5 Å². The first-order valence-corrected chi connectivity index (χ1v) is 16.4. The number of halogens is 7. The molecule has 3 aromatic rings. The fourth-order valence-electron chi connectivity index (χ4n) is 7.21. The largest absolute Gasteiger partial charge is 0.573 e. The zero-order valence-corrected chi connectivity index (χ0v) is 26.0. The van der Waals surface area contributed by atoms with Gasteiger partial charge in [0.05, 0.1) is 11.7 Å². The van der Waals surface area contributed by atoms with Crippen LogP contribution >= 0.6 is 0 Å². The fraction of sp³-hybridized carbons (Fsp3) is 0.514. The molecule has 0 aliphatic heterocycles. The first kappa shape index (κ1) is 34.3. The molecule has 0 atom stereocenters. The molecule has 0 heterocycles. The molecule has 2 nitrogen and oxygen atoms in total. The zero-order chi connectivity index (χ0) is 32.9. The number of benzene rings is 3. The highest BCUT2D eigenvalue weighted by Crippen LogP contribution is 2.45. The van der Waals surface area contributed by atoms with Crippen LogP contribution in [0.2, 0.25) is 0 Å². The summed E-state index contributed by atoms with van der Waals surface area (Å²) in [6.07, 6.45) is 0.906. The summed E-state index contributed by atoms with van der Waals surface area (Å²) in [5, 5.41) is 0. The predicted molar refractivity (Wildman–Crippen MR) is 164 cm³/mol. The highest BCUT2D eigenvalue weighted by Gasteiger charge is 2.39.